The van der Waals surface area contributed by atoms with E-state index in [1.165, 1.54) is 63.1 Å². The van der Waals surface area contributed by atoms with Crippen LogP contribution in [-0.4, -0.2) is 205 Å². The molecule has 6 fully saturated rings. The number of amides is 2. The van der Waals surface area contributed by atoms with Crippen LogP contribution in [0.2, 0.25) is 20.4 Å². The minimum absolute atomic E-state index is 0. The molecule has 3 saturated carbocycles. The number of rotatable bonds is 25. The summed E-state index contributed by atoms with van der Waals surface area (Å²) in [5, 5.41) is 33.4. The highest BCUT2D eigenvalue weighted by molar-refractivity contribution is 7.92. The molecule has 18 rings (SSSR count). The van der Waals surface area contributed by atoms with Crippen LogP contribution in [0.5, 0.6) is 17.2 Å². The van der Waals surface area contributed by atoms with Crippen LogP contribution in [0.4, 0.5) is 73.1 Å². The lowest BCUT2D eigenvalue weighted by Crippen LogP contribution is -2.41. The molecule has 6 aromatic heterocycles. The van der Waals surface area contributed by atoms with Gasteiger partial charge in [0.2, 0.25) is 32.3 Å². The van der Waals surface area contributed by atoms with Crippen molar-refractivity contribution in [1.82, 2.24) is 74.4 Å². The Labute approximate surface area is 881 Å². The van der Waals surface area contributed by atoms with Crippen molar-refractivity contribution in [1.29, 1.82) is 0 Å². The second-order valence-electron chi connectivity index (χ2n) is 41.3. The second kappa shape index (κ2) is 48.5. The van der Waals surface area contributed by atoms with Gasteiger partial charge in [0.1, 0.15) is 61.8 Å². The fourth-order valence-corrected chi connectivity index (χ4v) is 24.6. The molecule has 9 aromatic rings. The summed E-state index contributed by atoms with van der Waals surface area (Å²) in [6, 6.07) is 6.88. The zero-order chi connectivity index (χ0) is 103. The van der Waals surface area contributed by atoms with Gasteiger partial charge in [-0.2, -0.15) is 55.5 Å². The van der Waals surface area contributed by atoms with Crippen LogP contribution in [0.15, 0.2) is 70.5 Å². The Morgan fingerprint density at radius 2 is 0.750 bits per heavy atom. The van der Waals surface area contributed by atoms with Gasteiger partial charge in [0.05, 0.1) is 107 Å². The van der Waals surface area contributed by atoms with Crippen LogP contribution in [0, 0.1) is 38.5 Å². The number of likely N-dealkylation sites (tertiary alicyclic amines) is 2. The van der Waals surface area contributed by atoms with E-state index in [1.807, 2.05) is 94.1 Å². The maximum atomic E-state index is 13.3. The molecule has 3 aromatic carbocycles. The number of thiol groups is 2. The molecule has 3 saturated heterocycles. The molecule has 0 unspecified atom stereocenters. The van der Waals surface area contributed by atoms with Gasteiger partial charge >= 0.3 is 12.2 Å². The third-order valence-corrected chi connectivity index (χ3v) is 32.1. The zero-order valence-corrected chi connectivity index (χ0v) is 92.1. The number of hydrogen-bond donors (Lipinski definition) is 9. The van der Waals surface area contributed by atoms with Crippen LogP contribution in [0.1, 0.15) is 282 Å². The van der Waals surface area contributed by atoms with Gasteiger partial charge in [-0.25, -0.2) is 49.8 Å². The van der Waals surface area contributed by atoms with Crippen molar-refractivity contribution in [2.45, 2.75) is 316 Å². The zero-order valence-electron chi connectivity index (χ0n) is 84.9. The third-order valence-electron chi connectivity index (χ3n) is 25.1. The number of nitrogen functional groups attached to an aromatic ring is 1. The molecule has 2 amide bonds. The summed E-state index contributed by atoms with van der Waals surface area (Å²) in [6.07, 6.45) is 26.9. The Bertz CT molecular complexity index is 6380. The average Bonchev–Trinajstić information content (AvgIpc) is 1.60. The molecule has 144 heavy (non-hydrogen) atoms. The number of nitrogens with zero attached hydrogens (tertiary/aromatic N) is 14. The minimum atomic E-state index is -3.65. The van der Waals surface area contributed by atoms with Crippen molar-refractivity contribution >= 4 is 177 Å². The Kier molecular flexibility index (Phi) is 38.8. The number of hydrogen-bond acceptors (Lipinski definition) is 31. The van der Waals surface area contributed by atoms with Gasteiger partial charge in [-0.15, -0.1) is 0 Å². The Balaban J connectivity index is 0.000000187. The number of benzene rings is 3. The van der Waals surface area contributed by atoms with Crippen molar-refractivity contribution in [3.8, 4) is 17.2 Å². The van der Waals surface area contributed by atoms with Crippen LogP contribution in [-0.2, 0) is 58.2 Å². The molecule has 3 aliphatic carbocycles. The molecule has 9 aliphatic rings. The number of carbonyl (C=O) groups is 2. The Morgan fingerprint density at radius 1 is 0.451 bits per heavy atom. The maximum Gasteiger partial charge on any atom is 0.410 e. The van der Waals surface area contributed by atoms with Crippen LogP contribution < -0.4 is 51.8 Å². The normalized spacial score (nSPS) is 17.9. The molecule has 792 valence electrons. The molecule has 8 N–H and O–H groups in total. The Hall–Kier alpha value is -9.06. The lowest BCUT2D eigenvalue weighted by Gasteiger charge is -2.34. The van der Waals surface area contributed by atoms with E-state index >= 15 is 0 Å². The molecule has 0 spiro atoms. The number of piperidine rings is 3. The summed E-state index contributed by atoms with van der Waals surface area (Å²) in [6.45, 7) is 40.0. The molecule has 3 atom stereocenters. The van der Waals surface area contributed by atoms with Crippen molar-refractivity contribution in [3.63, 3.8) is 0 Å². The van der Waals surface area contributed by atoms with Crippen LogP contribution in [0.3, 0.4) is 0 Å². The first-order valence-corrected chi connectivity index (χ1v) is 57.2. The molecule has 12 heterocycles. The predicted molar refractivity (Wildman–Crippen MR) is 582 cm³/mol. The van der Waals surface area contributed by atoms with Crippen molar-refractivity contribution in [2.75, 3.05) is 101 Å². The Morgan fingerprint density at radius 3 is 1.07 bits per heavy atom. The predicted octanol–water partition coefficient (Wildman–Crippen LogP) is 22.9. The number of nitrogens with one attached hydrogen (secondary N) is 6. The monoisotopic (exact) mass is 2160 g/mol. The molecule has 34 nitrogen and oxygen atoms in total. The van der Waals surface area contributed by atoms with Gasteiger partial charge in [0, 0.05) is 62.1 Å². The number of carbonyl (C=O) groups excluding carboxylic acids is 2. The summed E-state index contributed by atoms with van der Waals surface area (Å²) < 4.78 is 113. The highest BCUT2D eigenvalue weighted by Crippen LogP contribution is 2.51. The van der Waals surface area contributed by atoms with E-state index < -0.39 is 40.7 Å². The number of nitrogens with two attached hydrogens (primary N) is 1. The van der Waals surface area contributed by atoms with E-state index in [0.717, 1.165) is 162 Å². The molecule has 0 radical (unpaired) electrons. The van der Waals surface area contributed by atoms with Gasteiger partial charge in [-0.1, -0.05) is 91.2 Å². The van der Waals surface area contributed by atoms with Crippen molar-refractivity contribution < 1.29 is 58.5 Å². The lowest BCUT2D eigenvalue weighted by atomic mass is 9.82. The topological polar surface area (TPSA) is 418 Å². The number of ether oxygens (including phenoxy) is 5. The number of aromatic nitrogens is 12. The van der Waals surface area contributed by atoms with E-state index in [2.05, 4.69) is 156 Å². The number of halogens is 4. The summed E-state index contributed by atoms with van der Waals surface area (Å²) in [5.41, 5.74) is 19.9. The second-order valence-corrected chi connectivity index (χ2v) is 48.7. The van der Waals surface area contributed by atoms with Crippen LogP contribution >= 0.6 is 71.7 Å². The quantitative estimate of drug-likeness (QED) is 0.0146. The van der Waals surface area contributed by atoms with Gasteiger partial charge in [0.25, 0.3) is 0 Å². The van der Waals surface area contributed by atoms with E-state index in [0.29, 0.717) is 59.7 Å². The van der Waals surface area contributed by atoms with E-state index in [9.17, 15) is 34.8 Å². The number of fused-ring (bicyclic) bond motifs is 3. The van der Waals surface area contributed by atoms with Gasteiger partial charge in [-0.05, 0) is 284 Å². The summed E-state index contributed by atoms with van der Waals surface area (Å²) >= 11 is 31.9. The molecule has 43 heteroatoms. The first-order chi connectivity index (χ1) is 67.1. The summed E-state index contributed by atoms with van der Waals surface area (Å²) in [5.74, 6) is 5.10. The van der Waals surface area contributed by atoms with E-state index in [-0.39, 0.29) is 152 Å². The first-order valence-electron chi connectivity index (χ1n) is 48.9. The maximum absolute atomic E-state index is 13.3. The van der Waals surface area contributed by atoms with E-state index in [4.69, 9.17) is 75.8 Å². The number of anilines is 11. The van der Waals surface area contributed by atoms with E-state index in [1.54, 1.807) is 50.0 Å². The van der Waals surface area contributed by atoms with Crippen molar-refractivity contribution in [3.05, 3.63) is 126 Å². The van der Waals surface area contributed by atoms with Crippen LogP contribution in [0.25, 0.3) is 0 Å². The summed E-state index contributed by atoms with van der Waals surface area (Å²) in [4.78, 5) is 54.5. The average molecular weight is 2170 g/mol. The van der Waals surface area contributed by atoms with Gasteiger partial charge in [-0.3, -0.25) is 14.0 Å². The molecule has 6 aliphatic heterocycles. The molecular weight excluding hydrogens is 2020 g/mol. The molecular formula is C101H147Cl4N21O13S5. The van der Waals surface area contributed by atoms with Gasteiger partial charge < -0.3 is 71.1 Å². The highest BCUT2D eigenvalue weighted by atomic mass is 35.5. The number of sulfone groups is 3. The standard InChI is InChI=1S/C34H46ClN7O5S.C29H38ClN7O3S.C20H30N2O3.C14H17Cl2N5O2S.2CH4S.2CH4/c1-19(2)18-48(44,45)31-27(17-42(40-31)23-8-9-23)37-30-25(35)16-36-32(39-30)38-26-14-20(3)28(24-15-21(4)46-29(24)26)22-10-12-41(13-11-22)33(43)47-34(5,6)7;1-16(2)15-41(38,39)28-24(14-37(36-28)20-5-6-20)33-27-22(30)13-32-29(35-27)34-23-11-17(3)25(19-7-9-31-10-8-19)21-12-18(4)40-26(21)23;1-12-10-16(21)18-15(11-13(2)24-18)17(12)14-6-8-22(9-7-14)19(23)25-20(3,4)5;1-8(2)7-24(22,23)13-11(6-21(20-13)9-3-4-9)18-12-10(15)5-17-14(16)19-12;2*1-2;;/h14,16-17,19,21-23H,8-13,15,18H2,1-7H3,(H2,36,37,38,39);11,13-14,16,18-20,31H,5-10,12,15H2,1-4H3,(H2,32,33,34,35);10,13-14H,6-9,11,21H2,1-5H3;5-6,8-9H,3-4,7H2,1-2H3,(H,17,18,19);2*2H,1H3;2*1H4/t21-;18-;13-;;;;;/m111...../s1. The fourth-order valence-electron chi connectivity index (χ4n) is 18.9. The summed E-state index contributed by atoms with van der Waals surface area (Å²) in [7, 11) is -10.8. The molecule has 0 bridgehead atoms. The first kappa shape index (κ1) is 115. The smallest absolute Gasteiger partial charge is 0.410 e. The van der Waals surface area contributed by atoms with Crippen molar-refractivity contribution in [2.24, 2.45) is 17.8 Å². The lowest BCUT2D eigenvalue weighted by molar-refractivity contribution is 0.0194. The SMILES string of the molecule is C.C.CC(C)CS(=O)(=O)c1nn(C2CC2)cc1Nc1nc(Cl)ncc1Cl.CS.CS.Cc1cc(N)c2c(c1C1CCN(C(=O)OC(C)(C)C)CC1)C[C@@H](C)O2.Cc1cc(Nc2ncc(Cl)c(Nc3cn(C4CC4)nc3S(=O)(=O)CC(C)C)n2)c2c(c1C1CCN(C(=O)OC(C)(C)C)CC1)C[C@@H](C)O2.Cc1cc(Nc2ncc(Cl)c(Nc3cn(C4CC4)nc3S(=O)(=O)CC(C)C)n2)c2c(c1C1CCNCC1)C[C@@H](C)O2. The third kappa shape index (κ3) is 29.1. The largest absolute Gasteiger partial charge is 0.488 e. The minimum Gasteiger partial charge on any atom is -0.488 e. The number of aryl methyl sites for hydroxylation is 3. The highest BCUT2D eigenvalue weighted by Gasteiger charge is 2.41. The van der Waals surface area contributed by atoms with Gasteiger partial charge in [0.15, 0.2) is 47.0 Å². The fraction of sp³-hybridized carbons (Fsp3) is 0.594.